The van der Waals surface area contributed by atoms with Crippen molar-refractivity contribution in [1.29, 1.82) is 0 Å². The highest BCUT2D eigenvalue weighted by atomic mass is 16.5. The first-order valence-electron chi connectivity index (χ1n) is 9.62. The maximum absolute atomic E-state index is 12.9. The number of nitrogens with zero attached hydrogens (tertiary/aromatic N) is 1. The molecule has 1 aliphatic rings. The molecule has 1 aliphatic carbocycles. The normalized spacial score (nSPS) is 17.8. The van der Waals surface area contributed by atoms with Crippen molar-refractivity contribution in [3.63, 3.8) is 0 Å². The molecule has 6 nitrogen and oxygen atoms in total. The van der Waals surface area contributed by atoms with E-state index < -0.39 is 11.6 Å². The van der Waals surface area contributed by atoms with Crippen LogP contribution < -0.4 is 5.48 Å². The summed E-state index contributed by atoms with van der Waals surface area (Å²) in [4.78, 5) is 25.8. The van der Waals surface area contributed by atoms with E-state index in [4.69, 9.17) is 5.21 Å². The molecule has 0 saturated carbocycles. The highest BCUT2D eigenvalue weighted by molar-refractivity contribution is 5.83. The smallest absolute Gasteiger partial charge is 0.243 e. The van der Waals surface area contributed by atoms with Crippen molar-refractivity contribution in [2.24, 2.45) is 0 Å². The summed E-state index contributed by atoms with van der Waals surface area (Å²) < 4.78 is 0. The Bertz CT molecular complexity index is 824. The van der Waals surface area contributed by atoms with Gasteiger partial charge in [-0.2, -0.15) is 0 Å². The third-order valence-corrected chi connectivity index (χ3v) is 5.32. The second-order valence-corrected chi connectivity index (χ2v) is 7.14. The molecular weight excluding hydrogens is 356 g/mol. The molecule has 2 aromatic rings. The van der Waals surface area contributed by atoms with Crippen LogP contribution in [0.2, 0.25) is 0 Å². The molecule has 148 valence electrons. The highest BCUT2D eigenvalue weighted by Gasteiger charge is 2.43. The van der Waals surface area contributed by atoms with Gasteiger partial charge in [0.05, 0.1) is 0 Å². The van der Waals surface area contributed by atoms with E-state index in [1.807, 2.05) is 54.6 Å². The molecule has 3 rings (SSSR count). The number of rotatable bonds is 8. The molecule has 0 aliphatic heterocycles. The fourth-order valence-electron chi connectivity index (χ4n) is 3.87. The first-order valence-corrected chi connectivity index (χ1v) is 9.62. The maximum Gasteiger partial charge on any atom is 0.243 e. The van der Waals surface area contributed by atoms with Crippen LogP contribution in [0, 0.1) is 0 Å². The van der Waals surface area contributed by atoms with E-state index in [1.54, 1.807) is 5.48 Å². The Labute approximate surface area is 164 Å². The molecule has 28 heavy (non-hydrogen) atoms. The Morgan fingerprint density at radius 2 is 1.75 bits per heavy atom. The largest absolute Gasteiger partial charge is 0.367 e. The van der Waals surface area contributed by atoms with Gasteiger partial charge in [-0.15, -0.1) is 0 Å². The average molecular weight is 382 g/mol. The van der Waals surface area contributed by atoms with Gasteiger partial charge in [0.2, 0.25) is 11.8 Å². The van der Waals surface area contributed by atoms with Crippen LogP contribution >= 0.6 is 0 Å². The van der Waals surface area contributed by atoms with Crippen LogP contribution in [0.15, 0.2) is 54.6 Å². The Balaban J connectivity index is 1.76. The van der Waals surface area contributed by atoms with Gasteiger partial charge in [0.25, 0.3) is 0 Å². The number of nitrogens with one attached hydrogen (secondary N) is 1. The average Bonchev–Trinajstić information content (AvgIpc) is 3.07. The van der Waals surface area contributed by atoms with Crippen molar-refractivity contribution >= 4 is 11.8 Å². The molecule has 6 heteroatoms. The van der Waals surface area contributed by atoms with Crippen molar-refractivity contribution in [2.75, 3.05) is 6.54 Å². The zero-order chi connectivity index (χ0) is 20.0. The minimum Gasteiger partial charge on any atom is -0.367 e. The van der Waals surface area contributed by atoms with Crippen LogP contribution in [0.5, 0.6) is 0 Å². The fraction of sp³-hybridized carbons (Fsp3) is 0.364. The van der Waals surface area contributed by atoms with Gasteiger partial charge in [0.15, 0.2) is 5.72 Å². The molecule has 3 N–H and O–H groups in total. The first kappa shape index (κ1) is 20.0. The van der Waals surface area contributed by atoms with Crippen LogP contribution in [0.4, 0.5) is 0 Å². The zero-order valence-electron chi connectivity index (χ0n) is 15.8. The zero-order valence-corrected chi connectivity index (χ0v) is 15.8. The third kappa shape index (κ3) is 4.40. The van der Waals surface area contributed by atoms with Gasteiger partial charge in [0.1, 0.15) is 0 Å². The molecule has 0 unspecified atom stereocenters. The summed E-state index contributed by atoms with van der Waals surface area (Å²) in [7, 11) is 0. The van der Waals surface area contributed by atoms with Gasteiger partial charge in [-0.3, -0.25) is 14.8 Å². The van der Waals surface area contributed by atoms with Crippen molar-refractivity contribution in [3.05, 3.63) is 71.3 Å². The summed E-state index contributed by atoms with van der Waals surface area (Å²) >= 11 is 0. The van der Waals surface area contributed by atoms with Gasteiger partial charge >= 0.3 is 0 Å². The predicted molar refractivity (Wildman–Crippen MR) is 104 cm³/mol. The second-order valence-electron chi connectivity index (χ2n) is 7.14. The van der Waals surface area contributed by atoms with Gasteiger partial charge in [-0.1, -0.05) is 54.6 Å². The standard InChI is InChI=1S/C22H26N2O4/c25-20(23-28)12-13-21(26)24(16-6-9-17-7-2-1-3-8-17)22(27)15-14-18-10-4-5-11-19(18)22/h1-5,7-8,10-11,27-28H,6,9,12-16H2,(H,23,25)/t22-/m0/s1. The lowest BCUT2D eigenvalue weighted by atomic mass is 10.0. The van der Waals surface area contributed by atoms with Gasteiger partial charge in [-0.05, 0) is 30.4 Å². The number of amides is 2. The summed E-state index contributed by atoms with van der Waals surface area (Å²) in [5.74, 6) is -0.910. The summed E-state index contributed by atoms with van der Waals surface area (Å²) in [5, 5.41) is 20.1. The van der Waals surface area contributed by atoms with Crippen LogP contribution in [0.1, 0.15) is 42.4 Å². The molecular formula is C22H26N2O4. The van der Waals surface area contributed by atoms with Crippen LogP contribution in [-0.4, -0.2) is 33.6 Å². The summed E-state index contributed by atoms with van der Waals surface area (Å²) in [6.45, 7) is 0.388. The number of aliphatic hydroxyl groups is 1. The van der Waals surface area contributed by atoms with Crippen LogP contribution in [-0.2, 0) is 28.2 Å². The molecule has 2 aromatic carbocycles. The van der Waals surface area contributed by atoms with E-state index in [0.717, 1.165) is 17.5 Å². The quantitative estimate of drug-likeness (QED) is 0.372. The molecule has 0 heterocycles. The van der Waals surface area contributed by atoms with Crippen LogP contribution in [0.25, 0.3) is 0 Å². The molecule has 0 aromatic heterocycles. The van der Waals surface area contributed by atoms with Gasteiger partial charge in [-0.25, -0.2) is 5.48 Å². The van der Waals surface area contributed by atoms with E-state index in [9.17, 15) is 14.7 Å². The van der Waals surface area contributed by atoms with E-state index in [1.165, 1.54) is 10.5 Å². The molecule has 0 spiro atoms. The van der Waals surface area contributed by atoms with Gasteiger partial charge < -0.3 is 10.0 Å². The second kappa shape index (κ2) is 8.99. The van der Waals surface area contributed by atoms with Crippen molar-refractivity contribution in [1.82, 2.24) is 10.4 Å². The number of fused-ring (bicyclic) bond motifs is 1. The molecule has 0 saturated heterocycles. The van der Waals surface area contributed by atoms with E-state index in [-0.39, 0.29) is 18.7 Å². The molecule has 0 bridgehead atoms. The van der Waals surface area contributed by atoms with Crippen molar-refractivity contribution in [3.8, 4) is 0 Å². The summed E-state index contributed by atoms with van der Waals surface area (Å²) in [6.07, 6.45) is 2.44. The Morgan fingerprint density at radius 3 is 2.50 bits per heavy atom. The highest BCUT2D eigenvalue weighted by Crippen LogP contribution is 2.40. The number of benzene rings is 2. The number of carbonyl (C=O) groups is 2. The van der Waals surface area contributed by atoms with Crippen LogP contribution in [0.3, 0.4) is 0 Å². The summed E-state index contributed by atoms with van der Waals surface area (Å²) in [5.41, 5.74) is 3.16. The van der Waals surface area contributed by atoms with E-state index in [0.29, 0.717) is 25.8 Å². The monoisotopic (exact) mass is 382 g/mol. The van der Waals surface area contributed by atoms with E-state index in [2.05, 4.69) is 0 Å². The summed E-state index contributed by atoms with van der Waals surface area (Å²) in [6, 6.07) is 17.6. The lowest BCUT2D eigenvalue weighted by Crippen LogP contribution is -2.49. The molecule has 1 atom stereocenters. The number of aryl methyl sites for hydroxylation is 2. The minimum absolute atomic E-state index is 0.0673. The maximum atomic E-state index is 12.9. The molecule has 0 fully saturated rings. The molecule has 2 amide bonds. The minimum atomic E-state index is -1.36. The topological polar surface area (TPSA) is 89.9 Å². The fourth-order valence-corrected chi connectivity index (χ4v) is 3.87. The van der Waals surface area contributed by atoms with Crippen molar-refractivity contribution < 1.29 is 19.9 Å². The Morgan fingerprint density at radius 1 is 1.04 bits per heavy atom. The Kier molecular flexibility index (Phi) is 6.44. The number of hydrogen-bond donors (Lipinski definition) is 3. The molecule has 0 radical (unpaired) electrons. The lowest BCUT2D eigenvalue weighted by molar-refractivity contribution is -0.164. The predicted octanol–water partition coefficient (Wildman–Crippen LogP) is 2.52. The SMILES string of the molecule is O=C(CCC(=O)N(CCCc1ccccc1)[C@]1(O)CCc2ccccc21)NO. The third-order valence-electron chi connectivity index (χ3n) is 5.32. The number of hydroxylamine groups is 1. The number of hydrogen-bond acceptors (Lipinski definition) is 4. The number of carbonyl (C=O) groups excluding carboxylic acids is 2. The van der Waals surface area contributed by atoms with Gasteiger partial charge in [0, 0.05) is 31.4 Å². The van der Waals surface area contributed by atoms with E-state index >= 15 is 0 Å². The lowest BCUT2D eigenvalue weighted by Gasteiger charge is -2.38. The first-order chi connectivity index (χ1) is 13.5. The Hall–Kier alpha value is -2.70. The van der Waals surface area contributed by atoms with Crippen molar-refractivity contribution in [2.45, 2.75) is 44.2 Å².